The van der Waals surface area contributed by atoms with E-state index in [1.807, 2.05) is 20.8 Å². The van der Waals surface area contributed by atoms with Crippen LogP contribution in [0.5, 0.6) is 0 Å². The molecule has 0 fully saturated rings. The predicted molar refractivity (Wildman–Crippen MR) is 74.5 cm³/mol. The monoisotopic (exact) mass is 257 g/mol. The second-order valence-electron chi connectivity index (χ2n) is 4.85. The van der Waals surface area contributed by atoms with Gasteiger partial charge in [-0.05, 0) is 31.9 Å². The van der Waals surface area contributed by atoms with Gasteiger partial charge in [-0.3, -0.25) is 14.6 Å². The van der Waals surface area contributed by atoms with Gasteiger partial charge in [0.2, 0.25) is 0 Å². The molecule has 3 heterocycles. The van der Waals surface area contributed by atoms with Crippen molar-refractivity contribution >= 4 is 23.5 Å². The molecule has 3 rings (SSSR count). The number of hydrogen-bond donors (Lipinski definition) is 1. The Morgan fingerprint density at radius 3 is 2.58 bits per heavy atom. The Kier molecular flexibility index (Phi) is 2.20. The standard InChI is InChI=1S/C13H15N5O/c1-6-7(2)12-8(3)10-11(14-16-17(5)15-10)13(19)18(12)9(6)4/h15H,3H2,1-2,4-5H3. The van der Waals surface area contributed by atoms with Crippen molar-refractivity contribution in [3.8, 4) is 0 Å². The minimum Gasteiger partial charge on any atom is -0.278 e. The summed E-state index contributed by atoms with van der Waals surface area (Å²) in [4.78, 5) is 12.5. The van der Waals surface area contributed by atoms with E-state index in [1.54, 1.807) is 11.4 Å². The van der Waals surface area contributed by atoms with Gasteiger partial charge in [0.25, 0.3) is 5.56 Å². The molecule has 19 heavy (non-hydrogen) atoms. The number of anilines is 1. The van der Waals surface area contributed by atoms with Crippen LogP contribution in [0, 0.1) is 20.8 Å². The lowest BCUT2D eigenvalue weighted by Crippen LogP contribution is -2.31. The molecule has 0 spiro atoms. The van der Waals surface area contributed by atoms with Crippen molar-refractivity contribution in [3.63, 3.8) is 0 Å². The second-order valence-corrected chi connectivity index (χ2v) is 4.85. The third-order valence-corrected chi connectivity index (χ3v) is 3.80. The minimum absolute atomic E-state index is 0.157. The van der Waals surface area contributed by atoms with Gasteiger partial charge in [0.1, 0.15) is 0 Å². The van der Waals surface area contributed by atoms with E-state index in [1.165, 1.54) is 5.12 Å². The fourth-order valence-electron chi connectivity index (χ4n) is 2.55. The predicted octanol–water partition coefficient (Wildman–Crippen LogP) is 1.62. The number of hydrazine groups is 1. The van der Waals surface area contributed by atoms with Crippen LogP contribution in [0.4, 0.5) is 11.4 Å². The highest BCUT2D eigenvalue weighted by molar-refractivity contribution is 5.76. The van der Waals surface area contributed by atoms with Crippen LogP contribution in [0.2, 0.25) is 0 Å². The largest absolute Gasteiger partial charge is 0.285 e. The first-order chi connectivity index (χ1) is 8.93. The molecule has 1 aliphatic heterocycles. The maximum Gasteiger partial charge on any atom is 0.285 e. The van der Waals surface area contributed by atoms with Crippen molar-refractivity contribution in [1.82, 2.24) is 9.52 Å². The zero-order chi connectivity index (χ0) is 13.9. The highest BCUT2D eigenvalue weighted by atomic mass is 16.1. The summed E-state index contributed by atoms with van der Waals surface area (Å²) in [6.07, 6.45) is 0. The smallest absolute Gasteiger partial charge is 0.278 e. The van der Waals surface area contributed by atoms with E-state index in [0.29, 0.717) is 11.4 Å². The fraction of sp³-hybridized carbons (Fsp3) is 0.308. The van der Waals surface area contributed by atoms with E-state index in [4.69, 9.17) is 0 Å². The van der Waals surface area contributed by atoms with Crippen molar-refractivity contribution in [2.75, 3.05) is 12.5 Å². The molecule has 0 saturated heterocycles. The third kappa shape index (κ3) is 1.34. The van der Waals surface area contributed by atoms with Crippen molar-refractivity contribution < 1.29 is 0 Å². The van der Waals surface area contributed by atoms with E-state index >= 15 is 0 Å². The molecule has 0 saturated carbocycles. The molecule has 2 aromatic heterocycles. The first kappa shape index (κ1) is 11.7. The summed E-state index contributed by atoms with van der Waals surface area (Å²) in [6, 6.07) is 0. The maximum atomic E-state index is 12.5. The lowest BCUT2D eigenvalue weighted by molar-refractivity contribution is 0.392. The van der Waals surface area contributed by atoms with Gasteiger partial charge in [-0.2, -0.15) is 5.12 Å². The van der Waals surface area contributed by atoms with Crippen LogP contribution >= 0.6 is 0 Å². The molecular formula is C13H15N5O. The molecule has 0 atom stereocenters. The van der Waals surface area contributed by atoms with E-state index in [0.717, 1.165) is 27.6 Å². The maximum absolute atomic E-state index is 12.5. The number of rotatable bonds is 0. The van der Waals surface area contributed by atoms with Gasteiger partial charge in [0.15, 0.2) is 5.69 Å². The van der Waals surface area contributed by atoms with Gasteiger partial charge < -0.3 is 0 Å². The molecule has 0 aromatic carbocycles. The Morgan fingerprint density at radius 1 is 1.21 bits per heavy atom. The highest BCUT2D eigenvalue weighted by Crippen LogP contribution is 2.26. The van der Waals surface area contributed by atoms with Crippen molar-refractivity contribution in [2.45, 2.75) is 20.8 Å². The first-order valence-electron chi connectivity index (χ1n) is 6.02. The average molecular weight is 257 g/mol. The number of aryl methyl sites for hydroxylation is 2. The zero-order valence-corrected chi connectivity index (χ0v) is 11.4. The van der Waals surface area contributed by atoms with Crippen LogP contribution in [0.15, 0.2) is 15.1 Å². The number of nitrogens with one attached hydrogen (secondary N) is 1. The Labute approximate surface area is 110 Å². The number of pyridine rings is 1. The molecule has 0 unspecified atom stereocenters. The summed E-state index contributed by atoms with van der Waals surface area (Å²) < 4.78 is 1.68. The van der Waals surface area contributed by atoms with Crippen molar-refractivity contribution in [3.05, 3.63) is 32.4 Å². The topological polar surface area (TPSA) is 61.5 Å². The van der Waals surface area contributed by atoms with Crippen LogP contribution in [-0.2, 0) is 0 Å². The second kappa shape index (κ2) is 3.57. The van der Waals surface area contributed by atoms with Crippen molar-refractivity contribution in [1.29, 1.82) is 0 Å². The third-order valence-electron chi connectivity index (χ3n) is 3.80. The van der Waals surface area contributed by atoms with Gasteiger partial charge in [-0.1, -0.05) is 11.8 Å². The fourth-order valence-corrected chi connectivity index (χ4v) is 2.55. The van der Waals surface area contributed by atoms with E-state index in [-0.39, 0.29) is 5.56 Å². The van der Waals surface area contributed by atoms with E-state index < -0.39 is 0 Å². The zero-order valence-electron chi connectivity index (χ0n) is 11.4. The summed E-state index contributed by atoms with van der Waals surface area (Å²) in [5, 5.41) is 10.1. The molecule has 98 valence electrons. The Balaban J connectivity index is 2.60. The quantitative estimate of drug-likeness (QED) is 0.780. The van der Waals surface area contributed by atoms with Crippen LogP contribution < -0.4 is 16.2 Å². The molecule has 6 nitrogen and oxygen atoms in total. The normalized spacial score (nSPS) is 13.8. The van der Waals surface area contributed by atoms with Crippen molar-refractivity contribution in [2.24, 2.45) is 10.3 Å². The summed E-state index contributed by atoms with van der Waals surface area (Å²) >= 11 is 0. The molecule has 0 aliphatic carbocycles. The lowest BCUT2D eigenvalue weighted by atomic mass is 10.1. The highest BCUT2D eigenvalue weighted by Gasteiger charge is 2.21. The number of aromatic nitrogens is 1. The Hall–Kier alpha value is -2.37. The van der Waals surface area contributed by atoms with Gasteiger partial charge in [-0.25, -0.2) is 0 Å². The van der Waals surface area contributed by atoms with Crippen LogP contribution in [0.3, 0.4) is 0 Å². The number of nitrogens with zero attached hydrogens (tertiary/aromatic N) is 4. The lowest BCUT2D eigenvalue weighted by Gasteiger charge is -2.20. The minimum atomic E-state index is -0.157. The number of fused-ring (bicyclic) bond motifs is 2. The molecule has 0 bridgehead atoms. The van der Waals surface area contributed by atoms with E-state index in [9.17, 15) is 4.79 Å². The molecule has 0 radical (unpaired) electrons. The van der Waals surface area contributed by atoms with Gasteiger partial charge in [0, 0.05) is 18.0 Å². The van der Waals surface area contributed by atoms with Gasteiger partial charge in [0.05, 0.1) is 11.2 Å². The van der Waals surface area contributed by atoms with Crippen LogP contribution in [0.1, 0.15) is 16.8 Å². The first-order valence-corrected chi connectivity index (χ1v) is 6.02. The molecular weight excluding hydrogens is 242 g/mol. The average Bonchev–Trinajstić information content (AvgIpc) is 2.61. The van der Waals surface area contributed by atoms with Gasteiger partial charge in [-0.15, -0.1) is 5.11 Å². The van der Waals surface area contributed by atoms with Gasteiger partial charge >= 0.3 is 0 Å². The Bertz CT molecular complexity index is 834. The molecule has 6 heteroatoms. The molecule has 0 amide bonds. The Morgan fingerprint density at radius 2 is 1.89 bits per heavy atom. The summed E-state index contributed by atoms with van der Waals surface area (Å²) in [5.41, 5.74) is 7.78. The van der Waals surface area contributed by atoms with Crippen LogP contribution in [-0.4, -0.2) is 16.6 Å². The molecule has 2 aromatic rings. The summed E-state index contributed by atoms with van der Waals surface area (Å²) in [5.74, 6) is 0. The molecule has 1 N–H and O–H groups in total. The SMILES string of the molecule is C=c1c2c(c(=O)n3c(C)c(C)c(C)c13)N=NN(C)N2. The number of hydrogen-bond acceptors (Lipinski definition) is 5. The van der Waals surface area contributed by atoms with E-state index in [2.05, 4.69) is 22.3 Å². The van der Waals surface area contributed by atoms with Crippen LogP contribution in [0.25, 0.3) is 12.1 Å². The summed E-state index contributed by atoms with van der Waals surface area (Å²) in [6.45, 7) is 10.1. The molecule has 1 aliphatic rings. The summed E-state index contributed by atoms with van der Waals surface area (Å²) in [7, 11) is 1.72.